The molecule has 0 spiro atoms. The summed E-state index contributed by atoms with van der Waals surface area (Å²) in [4.78, 5) is 12.2. The molecule has 2 rings (SSSR count). The van der Waals surface area contributed by atoms with Crippen molar-refractivity contribution in [3.8, 4) is 17.5 Å². The van der Waals surface area contributed by atoms with Crippen molar-refractivity contribution in [2.45, 2.75) is 18.6 Å². The molecule has 0 saturated heterocycles. The minimum Gasteiger partial charge on any atom is -0.401 e. The number of rotatable bonds is 8. The highest BCUT2D eigenvalue weighted by atomic mass is 35.5. The van der Waals surface area contributed by atoms with Gasteiger partial charge in [0.1, 0.15) is 11.6 Å². The molecule has 0 atom stereocenters. The zero-order chi connectivity index (χ0) is 19.1. The number of nitriles is 1. The van der Waals surface area contributed by atoms with E-state index in [9.17, 15) is 4.79 Å². The summed E-state index contributed by atoms with van der Waals surface area (Å²) >= 11 is 7.14. The average molecular weight is 392 g/mol. The van der Waals surface area contributed by atoms with Crippen molar-refractivity contribution in [2.75, 3.05) is 19.5 Å². The van der Waals surface area contributed by atoms with Crippen LogP contribution in [-0.2, 0) is 16.1 Å². The van der Waals surface area contributed by atoms with Crippen LogP contribution >= 0.6 is 23.4 Å². The van der Waals surface area contributed by atoms with Gasteiger partial charge in [0.15, 0.2) is 16.8 Å². The molecule has 0 unspecified atom stereocenters. The number of ketones is 1. The SMILES string of the molecule is COCCn1c(SCC(=O)/C(C#N)=C(/C)N)nnc1-c1ccc(Cl)cc1. The fourth-order valence-electron chi connectivity index (χ4n) is 2.16. The van der Waals surface area contributed by atoms with Gasteiger partial charge in [-0.3, -0.25) is 9.36 Å². The molecule has 0 fully saturated rings. The minimum atomic E-state index is -0.341. The monoisotopic (exact) mass is 391 g/mol. The lowest BCUT2D eigenvalue weighted by Gasteiger charge is -2.09. The molecule has 0 aliphatic rings. The molecule has 1 aromatic heterocycles. The van der Waals surface area contributed by atoms with E-state index in [1.807, 2.05) is 22.8 Å². The topological polar surface area (TPSA) is 107 Å². The van der Waals surface area contributed by atoms with Crippen molar-refractivity contribution in [1.82, 2.24) is 14.8 Å². The Morgan fingerprint density at radius 3 is 2.65 bits per heavy atom. The van der Waals surface area contributed by atoms with Crippen LogP contribution in [-0.4, -0.2) is 40.0 Å². The van der Waals surface area contributed by atoms with Gasteiger partial charge < -0.3 is 10.5 Å². The van der Waals surface area contributed by atoms with Gasteiger partial charge in [0.05, 0.1) is 18.9 Å². The first kappa shape index (κ1) is 20.0. The summed E-state index contributed by atoms with van der Waals surface area (Å²) < 4.78 is 7.02. The fourth-order valence-corrected chi connectivity index (χ4v) is 3.13. The highest BCUT2D eigenvalue weighted by Crippen LogP contribution is 2.25. The average Bonchev–Trinajstić information content (AvgIpc) is 3.01. The Morgan fingerprint density at radius 1 is 1.38 bits per heavy atom. The third-order valence-corrected chi connectivity index (χ3v) is 4.67. The second kappa shape index (κ2) is 9.38. The molecule has 0 aliphatic carbocycles. The third kappa shape index (κ3) is 4.85. The van der Waals surface area contributed by atoms with Gasteiger partial charge in [0.2, 0.25) is 0 Å². The zero-order valence-corrected chi connectivity index (χ0v) is 16.0. The quantitative estimate of drug-likeness (QED) is 0.418. The van der Waals surface area contributed by atoms with E-state index in [1.165, 1.54) is 18.7 Å². The number of carbonyl (C=O) groups is 1. The standard InChI is InChI=1S/C17H18ClN5O2S/c1-11(20)14(9-19)15(24)10-26-17-22-21-16(23(17)7-8-25-2)12-3-5-13(18)6-4-12/h3-6H,7-8,10,20H2,1-2H3/b14-11-. The number of allylic oxidation sites excluding steroid dienone is 2. The molecule has 1 heterocycles. The molecule has 0 radical (unpaired) electrons. The van der Waals surface area contributed by atoms with E-state index in [0.29, 0.717) is 29.2 Å². The largest absolute Gasteiger partial charge is 0.401 e. The number of ether oxygens (including phenoxy) is 1. The molecular weight excluding hydrogens is 374 g/mol. The number of thioether (sulfide) groups is 1. The van der Waals surface area contributed by atoms with Crippen LogP contribution in [0.15, 0.2) is 40.7 Å². The lowest BCUT2D eigenvalue weighted by molar-refractivity contribution is -0.112. The molecule has 9 heteroatoms. The van der Waals surface area contributed by atoms with E-state index in [2.05, 4.69) is 10.2 Å². The number of carbonyl (C=O) groups excluding carboxylic acids is 1. The van der Waals surface area contributed by atoms with Crippen LogP contribution in [0.3, 0.4) is 0 Å². The van der Waals surface area contributed by atoms with E-state index in [0.717, 1.165) is 5.56 Å². The number of hydrogen-bond acceptors (Lipinski definition) is 7. The van der Waals surface area contributed by atoms with Crippen LogP contribution in [0, 0.1) is 11.3 Å². The summed E-state index contributed by atoms with van der Waals surface area (Å²) in [5.74, 6) is 0.356. The van der Waals surface area contributed by atoms with Gasteiger partial charge >= 0.3 is 0 Å². The smallest absolute Gasteiger partial charge is 0.192 e. The van der Waals surface area contributed by atoms with E-state index in [4.69, 9.17) is 27.3 Å². The summed E-state index contributed by atoms with van der Waals surface area (Å²) in [5.41, 5.74) is 6.60. The maximum Gasteiger partial charge on any atom is 0.192 e. The predicted molar refractivity (Wildman–Crippen MR) is 101 cm³/mol. The first-order valence-electron chi connectivity index (χ1n) is 7.68. The van der Waals surface area contributed by atoms with Crippen molar-refractivity contribution in [3.05, 3.63) is 40.6 Å². The molecule has 0 saturated carbocycles. The highest BCUT2D eigenvalue weighted by molar-refractivity contribution is 7.99. The van der Waals surface area contributed by atoms with Crippen LogP contribution in [0.4, 0.5) is 0 Å². The lowest BCUT2D eigenvalue weighted by Crippen LogP contribution is -2.12. The lowest BCUT2D eigenvalue weighted by atomic mass is 10.2. The number of aromatic nitrogens is 3. The van der Waals surface area contributed by atoms with Crippen LogP contribution in [0.1, 0.15) is 6.92 Å². The van der Waals surface area contributed by atoms with Crippen LogP contribution in [0.5, 0.6) is 0 Å². The van der Waals surface area contributed by atoms with Gasteiger partial charge in [-0.25, -0.2) is 0 Å². The molecule has 2 N–H and O–H groups in total. The van der Waals surface area contributed by atoms with Crippen LogP contribution in [0.2, 0.25) is 5.02 Å². The van der Waals surface area contributed by atoms with Gasteiger partial charge in [-0.1, -0.05) is 23.4 Å². The summed E-state index contributed by atoms with van der Waals surface area (Å²) in [6.07, 6.45) is 0. The first-order chi connectivity index (χ1) is 12.5. The fraction of sp³-hybridized carbons (Fsp3) is 0.294. The number of nitrogens with zero attached hydrogens (tertiary/aromatic N) is 4. The number of Topliss-reactive ketones (excluding diaryl/α,β-unsaturated/α-hetero) is 1. The van der Waals surface area contributed by atoms with Gasteiger partial charge in [-0.05, 0) is 31.2 Å². The summed E-state index contributed by atoms with van der Waals surface area (Å²) in [5, 5.41) is 18.6. The molecule has 0 bridgehead atoms. The Kier molecular flexibility index (Phi) is 7.21. The van der Waals surface area contributed by atoms with E-state index in [1.54, 1.807) is 19.2 Å². The first-order valence-corrected chi connectivity index (χ1v) is 9.04. The number of benzene rings is 1. The van der Waals surface area contributed by atoms with Crippen LogP contribution < -0.4 is 5.73 Å². The van der Waals surface area contributed by atoms with Crippen molar-refractivity contribution in [2.24, 2.45) is 5.73 Å². The van der Waals surface area contributed by atoms with E-state index in [-0.39, 0.29) is 22.8 Å². The van der Waals surface area contributed by atoms with Crippen molar-refractivity contribution in [1.29, 1.82) is 5.26 Å². The summed E-state index contributed by atoms with van der Waals surface area (Å²) in [6.45, 7) is 2.51. The van der Waals surface area contributed by atoms with Gasteiger partial charge in [0, 0.05) is 23.4 Å². The Labute approximate surface area is 160 Å². The van der Waals surface area contributed by atoms with Crippen molar-refractivity contribution in [3.63, 3.8) is 0 Å². The summed E-state index contributed by atoms with van der Waals surface area (Å²) in [6, 6.07) is 9.09. The molecular formula is C17H18ClN5O2S. The second-order valence-electron chi connectivity index (χ2n) is 5.34. The number of nitrogens with two attached hydrogens (primary N) is 1. The molecule has 136 valence electrons. The van der Waals surface area contributed by atoms with Crippen molar-refractivity contribution >= 4 is 29.1 Å². The molecule has 0 aliphatic heterocycles. The minimum absolute atomic E-state index is 0.0293. The van der Waals surface area contributed by atoms with Gasteiger partial charge in [-0.15, -0.1) is 10.2 Å². The number of methoxy groups -OCH3 is 1. The Hall–Kier alpha value is -2.34. The second-order valence-corrected chi connectivity index (χ2v) is 6.72. The zero-order valence-electron chi connectivity index (χ0n) is 14.4. The predicted octanol–water partition coefficient (Wildman–Crippen LogP) is 2.66. The highest BCUT2D eigenvalue weighted by Gasteiger charge is 2.18. The summed E-state index contributed by atoms with van der Waals surface area (Å²) in [7, 11) is 1.61. The molecule has 7 nitrogen and oxygen atoms in total. The third-order valence-electron chi connectivity index (χ3n) is 3.46. The molecule has 2 aromatic rings. The van der Waals surface area contributed by atoms with E-state index >= 15 is 0 Å². The number of halogens is 1. The molecule has 0 amide bonds. The molecule has 1 aromatic carbocycles. The Morgan fingerprint density at radius 2 is 2.08 bits per heavy atom. The Balaban J connectivity index is 2.26. The van der Waals surface area contributed by atoms with E-state index < -0.39 is 0 Å². The van der Waals surface area contributed by atoms with Crippen LogP contribution in [0.25, 0.3) is 11.4 Å². The number of hydrogen-bond donors (Lipinski definition) is 1. The maximum atomic E-state index is 12.2. The Bertz CT molecular complexity index is 851. The maximum absolute atomic E-state index is 12.2. The van der Waals surface area contributed by atoms with Gasteiger partial charge in [0.25, 0.3) is 0 Å². The van der Waals surface area contributed by atoms with Crippen molar-refractivity contribution < 1.29 is 9.53 Å². The normalized spacial score (nSPS) is 11.8. The molecule has 26 heavy (non-hydrogen) atoms. The van der Waals surface area contributed by atoms with Gasteiger partial charge in [-0.2, -0.15) is 5.26 Å².